The highest BCUT2D eigenvalue weighted by Crippen LogP contribution is 2.32. The normalized spacial score (nSPS) is 12.0. The molecule has 0 aliphatic heterocycles. The monoisotopic (exact) mass is 355 g/mol. The van der Waals surface area contributed by atoms with Crippen molar-refractivity contribution in [1.82, 2.24) is 9.97 Å². The molecule has 10 heteroatoms. The number of hydrogen-bond acceptors (Lipinski definition) is 8. The third-order valence-corrected chi connectivity index (χ3v) is 3.92. The van der Waals surface area contributed by atoms with Crippen LogP contribution in [0.4, 0.5) is 26.1 Å². The smallest absolute Gasteiger partial charge is 0.192 e. The van der Waals surface area contributed by atoms with Crippen LogP contribution < -0.4 is 11.1 Å². The van der Waals surface area contributed by atoms with E-state index < -0.39 is 17.7 Å². The lowest BCUT2D eigenvalue weighted by Crippen LogP contribution is -2.20. The first kappa shape index (κ1) is 18.0. The number of aromatic nitrogens is 2. The molecule has 1 heterocycles. The minimum absolute atomic E-state index is 0.0706. The fourth-order valence-corrected chi connectivity index (χ4v) is 2.61. The van der Waals surface area contributed by atoms with Gasteiger partial charge < -0.3 is 16.2 Å². The van der Waals surface area contributed by atoms with E-state index in [1.165, 1.54) is 12.1 Å². The molecule has 0 saturated heterocycles. The third-order valence-electron chi connectivity index (χ3n) is 3.03. The van der Waals surface area contributed by atoms with Crippen LogP contribution in [-0.2, 0) is 5.75 Å². The van der Waals surface area contributed by atoms with Crippen molar-refractivity contribution < 1.29 is 13.9 Å². The molecule has 24 heavy (non-hydrogen) atoms. The summed E-state index contributed by atoms with van der Waals surface area (Å²) in [4.78, 5) is 18.9. The Bertz CT molecular complexity index is 747. The number of aliphatic hydroxyl groups excluding tert-OH is 1. The number of hydrogen-bond donors (Lipinski definition) is 3. The second-order valence-electron chi connectivity index (χ2n) is 4.91. The summed E-state index contributed by atoms with van der Waals surface area (Å²) in [5.41, 5.74) is 5.66. The first-order chi connectivity index (χ1) is 11.5. The minimum Gasteiger partial charge on any atom is -0.394 e. The topological polar surface area (TPSA) is 113 Å². The number of benzene rings is 1. The Balaban J connectivity index is 2.24. The number of anilines is 2. The number of thioether (sulfide) groups is 1. The number of nitrogens with two attached hydrogens (primary N) is 1. The summed E-state index contributed by atoms with van der Waals surface area (Å²) in [6.07, 6.45) is 0. The van der Waals surface area contributed by atoms with Crippen LogP contribution in [0, 0.1) is 16.5 Å². The van der Waals surface area contributed by atoms with Gasteiger partial charge in [-0.3, -0.25) is 0 Å². The van der Waals surface area contributed by atoms with Crippen LogP contribution in [0.5, 0.6) is 0 Å². The standard InChI is InChI=1S/C14H15F2N5O2S/c1-7(5-22)18-13-11(21-23)12(17)19-14(20-13)24-6-8-3-2-4-9(15)10(8)16/h2-4,7,22H,5-6H2,1H3,(H3,17,18,19,20)/t7-/m1/s1. The van der Waals surface area contributed by atoms with Crippen LogP contribution in [0.15, 0.2) is 28.5 Å². The van der Waals surface area contributed by atoms with E-state index in [4.69, 9.17) is 10.8 Å². The maximum atomic E-state index is 13.6. The fourth-order valence-electron chi connectivity index (χ4n) is 1.79. The van der Waals surface area contributed by atoms with Gasteiger partial charge in [-0.25, -0.2) is 18.7 Å². The van der Waals surface area contributed by atoms with Crippen molar-refractivity contribution in [2.45, 2.75) is 23.9 Å². The molecule has 0 fully saturated rings. The van der Waals surface area contributed by atoms with Gasteiger partial charge in [-0.1, -0.05) is 23.9 Å². The molecule has 0 spiro atoms. The zero-order valence-corrected chi connectivity index (χ0v) is 13.5. The molecule has 1 aromatic heterocycles. The molecule has 7 nitrogen and oxygen atoms in total. The van der Waals surface area contributed by atoms with Gasteiger partial charge in [-0.05, 0) is 18.2 Å². The van der Waals surface area contributed by atoms with E-state index >= 15 is 0 Å². The van der Waals surface area contributed by atoms with E-state index in [-0.39, 0.29) is 40.4 Å². The second kappa shape index (κ2) is 7.97. The van der Waals surface area contributed by atoms with Gasteiger partial charge in [-0.15, -0.1) is 4.91 Å². The number of nitrogens with one attached hydrogen (secondary N) is 1. The van der Waals surface area contributed by atoms with Crippen LogP contribution in [-0.4, -0.2) is 27.7 Å². The summed E-state index contributed by atoms with van der Waals surface area (Å²) < 4.78 is 26.8. The molecule has 0 aliphatic rings. The molecule has 2 aromatic rings. The molecule has 128 valence electrons. The second-order valence-corrected chi connectivity index (χ2v) is 5.85. The summed E-state index contributed by atoms with van der Waals surface area (Å²) in [6, 6.07) is 3.49. The lowest BCUT2D eigenvalue weighted by atomic mass is 10.2. The lowest BCUT2D eigenvalue weighted by Gasteiger charge is -2.14. The first-order valence-corrected chi connectivity index (χ1v) is 7.88. The van der Waals surface area contributed by atoms with Crippen molar-refractivity contribution in [2.75, 3.05) is 17.7 Å². The van der Waals surface area contributed by atoms with Crippen molar-refractivity contribution in [3.05, 3.63) is 40.3 Å². The van der Waals surface area contributed by atoms with Gasteiger partial charge in [0.05, 0.1) is 6.61 Å². The minimum atomic E-state index is -0.937. The Kier molecular flexibility index (Phi) is 5.99. The molecule has 0 saturated carbocycles. The molecule has 0 unspecified atom stereocenters. The van der Waals surface area contributed by atoms with Gasteiger partial charge in [0.2, 0.25) is 0 Å². The van der Waals surface area contributed by atoms with Crippen molar-refractivity contribution >= 4 is 29.1 Å². The number of aliphatic hydroxyl groups is 1. The Morgan fingerprint density at radius 1 is 1.42 bits per heavy atom. The van der Waals surface area contributed by atoms with Crippen molar-refractivity contribution in [3.8, 4) is 0 Å². The Morgan fingerprint density at radius 3 is 2.83 bits per heavy atom. The molecular formula is C14H15F2N5O2S. The molecule has 0 aliphatic carbocycles. The van der Waals surface area contributed by atoms with Gasteiger partial charge in [0.15, 0.2) is 34.1 Å². The van der Waals surface area contributed by atoms with Crippen LogP contribution in [0.2, 0.25) is 0 Å². The highest BCUT2D eigenvalue weighted by molar-refractivity contribution is 7.98. The van der Waals surface area contributed by atoms with Crippen LogP contribution in [0.1, 0.15) is 12.5 Å². The molecule has 1 atom stereocenters. The SMILES string of the molecule is C[C@H](CO)Nc1nc(SCc2cccc(F)c2F)nc(N)c1N=O. The van der Waals surface area contributed by atoms with Gasteiger partial charge in [-0.2, -0.15) is 0 Å². The number of rotatable bonds is 7. The molecule has 1 aromatic carbocycles. The van der Waals surface area contributed by atoms with Crippen molar-refractivity contribution in [3.63, 3.8) is 0 Å². The highest BCUT2D eigenvalue weighted by atomic mass is 32.2. The van der Waals surface area contributed by atoms with Crippen LogP contribution in [0.25, 0.3) is 0 Å². The third kappa shape index (κ3) is 4.15. The van der Waals surface area contributed by atoms with E-state index in [1.807, 2.05) is 0 Å². The fraction of sp³-hybridized carbons (Fsp3) is 0.286. The summed E-state index contributed by atoms with van der Waals surface area (Å²) in [7, 11) is 0. The molecule has 0 bridgehead atoms. The predicted octanol–water partition coefficient (Wildman–Crippen LogP) is 2.82. The first-order valence-electron chi connectivity index (χ1n) is 6.90. The van der Waals surface area contributed by atoms with E-state index in [0.717, 1.165) is 17.8 Å². The van der Waals surface area contributed by atoms with Gasteiger partial charge >= 0.3 is 0 Å². The van der Waals surface area contributed by atoms with Gasteiger partial charge in [0, 0.05) is 17.4 Å². The lowest BCUT2D eigenvalue weighted by molar-refractivity contribution is 0.281. The molecule has 0 amide bonds. The maximum Gasteiger partial charge on any atom is 0.192 e. The van der Waals surface area contributed by atoms with Gasteiger partial charge in [0.25, 0.3) is 0 Å². The summed E-state index contributed by atoms with van der Waals surface area (Å²) in [6.45, 7) is 1.47. The van der Waals surface area contributed by atoms with Crippen LogP contribution >= 0.6 is 11.8 Å². The maximum absolute atomic E-state index is 13.6. The number of nitrogens with zero attached hydrogens (tertiary/aromatic N) is 3. The average Bonchev–Trinajstić information content (AvgIpc) is 2.56. The van der Waals surface area contributed by atoms with E-state index in [1.54, 1.807) is 6.92 Å². The molecular weight excluding hydrogens is 340 g/mol. The highest BCUT2D eigenvalue weighted by Gasteiger charge is 2.16. The van der Waals surface area contributed by atoms with Crippen molar-refractivity contribution in [1.29, 1.82) is 0 Å². The van der Waals surface area contributed by atoms with Crippen LogP contribution in [0.3, 0.4) is 0 Å². The molecule has 2 rings (SSSR count). The summed E-state index contributed by atoms with van der Waals surface area (Å²) >= 11 is 1.02. The van der Waals surface area contributed by atoms with Gasteiger partial charge in [0.1, 0.15) is 0 Å². The Morgan fingerprint density at radius 2 is 2.17 bits per heavy atom. The van der Waals surface area contributed by atoms with Crippen molar-refractivity contribution in [2.24, 2.45) is 5.18 Å². The van der Waals surface area contributed by atoms with E-state index in [2.05, 4.69) is 20.5 Å². The number of nitrogen functional groups attached to an aromatic ring is 1. The Labute approximate surface area is 140 Å². The summed E-state index contributed by atoms with van der Waals surface area (Å²) in [5.74, 6) is -1.87. The van der Waals surface area contributed by atoms with E-state index in [9.17, 15) is 13.7 Å². The molecule has 0 radical (unpaired) electrons. The summed E-state index contributed by atoms with van der Waals surface area (Å²) in [5, 5.41) is 14.8. The quantitative estimate of drug-likeness (QED) is 0.397. The average molecular weight is 355 g/mol. The van der Waals surface area contributed by atoms with E-state index in [0.29, 0.717) is 0 Å². The predicted molar refractivity (Wildman–Crippen MR) is 88.0 cm³/mol. The number of nitroso groups, excluding NO2 is 1. The zero-order chi connectivity index (χ0) is 17.7. The molecule has 4 N–H and O–H groups in total. The largest absolute Gasteiger partial charge is 0.394 e. The number of halogens is 2. The zero-order valence-electron chi connectivity index (χ0n) is 12.7. The Hall–Kier alpha value is -2.33.